The summed E-state index contributed by atoms with van der Waals surface area (Å²) in [5.41, 5.74) is 2.25. The Morgan fingerprint density at radius 2 is 2.10 bits per heavy atom. The van der Waals surface area contributed by atoms with E-state index >= 15 is 0 Å². The van der Waals surface area contributed by atoms with Gasteiger partial charge in [-0.15, -0.1) is 0 Å². The van der Waals surface area contributed by atoms with Gasteiger partial charge in [0.25, 0.3) is 0 Å². The number of amides is 2. The second kappa shape index (κ2) is 6.61. The highest BCUT2D eigenvalue weighted by Crippen LogP contribution is 2.29. The van der Waals surface area contributed by atoms with E-state index in [2.05, 4.69) is 10.6 Å². The predicted octanol–water partition coefficient (Wildman–Crippen LogP) is 1.25. The molecule has 0 fully saturated rings. The fourth-order valence-corrected chi connectivity index (χ4v) is 2.73. The highest BCUT2D eigenvalue weighted by molar-refractivity contribution is 5.87. The normalized spacial score (nSPS) is 20.1. The minimum absolute atomic E-state index is 0.00996. The van der Waals surface area contributed by atoms with Crippen molar-refractivity contribution in [2.24, 2.45) is 5.92 Å². The van der Waals surface area contributed by atoms with Gasteiger partial charge in [-0.1, -0.05) is 18.2 Å². The monoisotopic (exact) mass is 289 g/mol. The molecule has 2 rings (SSSR count). The van der Waals surface area contributed by atoms with Crippen molar-refractivity contribution < 1.29 is 9.59 Å². The van der Waals surface area contributed by atoms with Crippen LogP contribution in [0, 0.1) is 5.92 Å². The molecule has 0 bridgehead atoms. The summed E-state index contributed by atoms with van der Waals surface area (Å²) in [6.07, 6.45) is 0.711. The van der Waals surface area contributed by atoms with Crippen LogP contribution in [-0.2, 0) is 16.0 Å². The summed E-state index contributed by atoms with van der Waals surface area (Å²) in [6.45, 7) is 4.56. The van der Waals surface area contributed by atoms with Crippen molar-refractivity contribution in [2.45, 2.75) is 26.3 Å². The second-order valence-corrected chi connectivity index (χ2v) is 5.55. The van der Waals surface area contributed by atoms with Gasteiger partial charge in [0.2, 0.25) is 11.8 Å². The van der Waals surface area contributed by atoms with Crippen LogP contribution in [0.3, 0.4) is 0 Å². The van der Waals surface area contributed by atoms with Crippen LogP contribution < -0.4 is 10.6 Å². The summed E-state index contributed by atoms with van der Waals surface area (Å²) in [5.74, 6) is -0.250. The molecular weight excluding hydrogens is 266 g/mol. The van der Waals surface area contributed by atoms with Gasteiger partial charge >= 0.3 is 0 Å². The maximum Gasteiger partial charge on any atom is 0.239 e. The first-order valence-corrected chi connectivity index (χ1v) is 7.39. The zero-order valence-corrected chi connectivity index (χ0v) is 12.8. The predicted molar refractivity (Wildman–Crippen MR) is 83.0 cm³/mol. The van der Waals surface area contributed by atoms with Crippen LogP contribution in [0.25, 0.3) is 0 Å². The number of carbonyl (C=O) groups excluding carboxylic acids is 2. The second-order valence-electron chi connectivity index (χ2n) is 5.55. The first-order chi connectivity index (χ1) is 10.0. The molecule has 0 saturated heterocycles. The number of likely N-dealkylation sites (N-methyl/N-ethyl adjacent to an activating group) is 2. The van der Waals surface area contributed by atoms with Crippen LogP contribution in [0.15, 0.2) is 24.3 Å². The molecule has 1 aliphatic rings. The highest BCUT2D eigenvalue weighted by atomic mass is 16.2. The quantitative estimate of drug-likeness (QED) is 0.877. The molecule has 2 amide bonds. The van der Waals surface area contributed by atoms with Crippen molar-refractivity contribution in [3.05, 3.63) is 29.8 Å². The molecule has 0 aliphatic carbocycles. The smallest absolute Gasteiger partial charge is 0.239 e. The number of benzene rings is 1. The molecule has 1 aromatic carbocycles. The van der Waals surface area contributed by atoms with Gasteiger partial charge in [0.1, 0.15) is 0 Å². The number of nitrogens with one attached hydrogen (secondary N) is 2. The molecule has 0 spiro atoms. The van der Waals surface area contributed by atoms with Crippen LogP contribution in [0.1, 0.15) is 19.4 Å². The van der Waals surface area contributed by atoms with Crippen molar-refractivity contribution in [3.8, 4) is 0 Å². The molecule has 5 nitrogen and oxygen atoms in total. The van der Waals surface area contributed by atoms with E-state index in [1.54, 1.807) is 7.05 Å². The van der Waals surface area contributed by atoms with Crippen molar-refractivity contribution in [3.63, 3.8) is 0 Å². The van der Waals surface area contributed by atoms with Gasteiger partial charge in [-0.25, -0.2) is 0 Å². The van der Waals surface area contributed by atoms with Gasteiger partial charge in [0.05, 0.1) is 12.5 Å². The molecule has 1 aliphatic heterocycles. The number of fused-ring (bicyclic) bond motifs is 1. The summed E-state index contributed by atoms with van der Waals surface area (Å²) in [5, 5.41) is 6.09. The van der Waals surface area contributed by atoms with E-state index in [1.807, 2.05) is 38.1 Å². The molecular formula is C16H23N3O2. The average molecular weight is 289 g/mol. The van der Waals surface area contributed by atoms with Gasteiger partial charge < -0.3 is 15.5 Å². The maximum atomic E-state index is 12.6. The Balaban J connectivity index is 2.04. The van der Waals surface area contributed by atoms with E-state index < -0.39 is 0 Å². The van der Waals surface area contributed by atoms with Crippen LogP contribution in [0.2, 0.25) is 0 Å². The number of hydrogen-bond donors (Lipinski definition) is 2. The zero-order chi connectivity index (χ0) is 15.4. The molecule has 21 heavy (non-hydrogen) atoms. The molecule has 114 valence electrons. The Hall–Kier alpha value is -2.04. The molecule has 0 radical (unpaired) electrons. The molecule has 2 unspecified atom stereocenters. The van der Waals surface area contributed by atoms with Crippen molar-refractivity contribution in [1.29, 1.82) is 0 Å². The third-order valence-corrected chi connectivity index (χ3v) is 3.89. The summed E-state index contributed by atoms with van der Waals surface area (Å²) in [4.78, 5) is 25.7. The number of para-hydroxylation sites is 1. The Bertz CT molecular complexity index is 530. The fraction of sp³-hybridized carbons (Fsp3) is 0.500. The van der Waals surface area contributed by atoms with E-state index in [-0.39, 0.29) is 30.3 Å². The lowest BCUT2D eigenvalue weighted by molar-refractivity contribution is -0.138. The van der Waals surface area contributed by atoms with E-state index in [1.165, 1.54) is 4.90 Å². The van der Waals surface area contributed by atoms with Gasteiger partial charge in [0.15, 0.2) is 0 Å². The first kappa shape index (κ1) is 15.4. The van der Waals surface area contributed by atoms with Gasteiger partial charge in [-0.3, -0.25) is 9.59 Å². The van der Waals surface area contributed by atoms with E-state index in [9.17, 15) is 9.59 Å². The van der Waals surface area contributed by atoms with Crippen molar-refractivity contribution in [1.82, 2.24) is 10.2 Å². The third kappa shape index (κ3) is 3.54. The van der Waals surface area contributed by atoms with Gasteiger partial charge in [0, 0.05) is 25.3 Å². The SMILES string of the molecule is CCNC(=O)CN(C)C(=O)C1Cc2ccccc2NC1C. The number of hydrogen-bond acceptors (Lipinski definition) is 3. The first-order valence-electron chi connectivity index (χ1n) is 7.39. The van der Waals surface area contributed by atoms with Crippen LogP contribution >= 0.6 is 0 Å². The largest absolute Gasteiger partial charge is 0.382 e. The Labute approximate surface area is 125 Å². The maximum absolute atomic E-state index is 12.6. The summed E-state index contributed by atoms with van der Waals surface area (Å²) < 4.78 is 0. The molecule has 1 aromatic rings. The van der Waals surface area contributed by atoms with Crippen LogP contribution in [0.4, 0.5) is 5.69 Å². The fourth-order valence-electron chi connectivity index (χ4n) is 2.73. The van der Waals surface area contributed by atoms with E-state index in [0.717, 1.165) is 11.3 Å². The lowest BCUT2D eigenvalue weighted by Crippen LogP contribution is -2.47. The number of anilines is 1. The Morgan fingerprint density at radius 3 is 2.81 bits per heavy atom. The van der Waals surface area contributed by atoms with Gasteiger partial charge in [-0.05, 0) is 31.9 Å². The van der Waals surface area contributed by atoms with Crippen LogP contribution in [-0.4, -0.2) is 42.9 Å². The average Bonchev–Trinajstić information content (AvgIpc) is 2.46. The number of nitrogens with zero attached hydrogens (tertiary/aromatic N) is 1. The van der Waals surface area contributed by atoms with Crippen LogP contribution in [0.5, 0.6) is 0 Å². The summed E-state index contributed by atoms with van der Waals surface area (Å²) >= 11 is 0. The lowest BCUT2D eigenvalue weighted by Gasteiger charge is -2.33. The van der Waals surface area contributed by atoms with Crippen molar-refractivity contribution >= 4 is 17.5 Å². The summed E-state index contributed by atoms with van der Waals surface area (Å²) in [6, 6.07) is 8.10. The third-order valence-electron chi connectivity index (χ3n) is 3.89. The number of rotatable bonds is 4. The number of carbonyl (C=O) groups is 2. The minimum Gasteiger partial charge on any atom is -0.382 e. The Kier molecular flexibility index (Phi) is 4.83. The van der Waals surface area contributed by atoms with Crippen molar-refractivity contribution in [2.75, 3.05) is 25.5 Å². The molecule has 0 saturated carbocycles. The molecule has 1 heterocycles. The zero-order valence-electron chi connectivity index (χ0n) is 12.8. The molecule has 2 atom stereocenters. The Morgan fingerprint density at radius 1 is 1.38 bits per heavy atom. The van der Waals surface area contributed by atoms with E-state index in [0.29, 0.717) is 13.0 Å². The lowest BCUT2D eigenvalue weighted by atomic mass is 9.87. The van der Waals surface area contributed by atoms with E-state index in [4.69, 9.17) is 0 Å². The highest BCUT2D eigenvalue weighted by Gasteiger charge is 2.32. The molecule has 2 N–H and O–H groups in total. The minimum atomic E-state index is -0.140. The standard InChI is InChI=1S/C16H23N3O2/c1-4-17-15(20)10-19(3)16(21)13-9-12-7-5-6-8-14(12)18-11(13)2/h5-8,11,13,18H,4,9-10H2,1-3H3,(H,17,20). The van der Waals surface area contributed by atoms with Gasteiger partial charge in [-0.2, -0.15) is 0 Å². The molecule has 5 heteroatoms. The summed E-state index contributed by atoms with van der Waals surface area (Å²) in [7, 11) is 1.69. The molecule has 0 aromatic heterocycles. The topological polar surface area (TPSA) is 61.4 Å².